The zero-order chi connectivity index (χ0) is 13.9. The van der Waals surface area contributed by atoms with Crippen LogP contribution in [-0.2, 0) is 14.3 Å². The van der Waals surface area contributed by atoms with Crippen LogP contribution >= 0.6 is 0 Å². The van der Waals surface area contributed by atoms with Crippen molar-refractivity contribution in [3.8, 4) is 0 Å². The maximum Gasteiger partial charge on any atom is 0.316 e. The second-order valence-electron chi connectivity index (χ2n) is 5.09. The fourth-order valence-corrected chi connectivity index (χ4v) is 1.41. The number of hydrogen-bond donors (Lipinski definition) is 1. The third kappa shape index (κ3) is 3.97. The van der Waals surface area contributed by atoms with Crippen LogP contribution in [0.3, 0.4) is 0 Å². The number of esters is 1. The van der Waals surface area contributed by atoms with E-state index in [2.05, 4.69) is 5.32 Å². The van der Waals surface area contributed by atoms with Gasteiger partial charge in [-0.15, -0.1) is 0 Å². The molecule has 7 heteroatoms. The molecule has 0 aliphatic heterocycles. The molecule has 1 aliphatic rings. The summed E-state index contributed by atoms with van der Waals surface area (Å²) in [5.74, 6) is -1.75. The smallest absolute Gasteiger partial charge is 0.316 e. The van der Waals surface area contributed by atoms with Crippen LogP contribution in [0.1, 0.15) is 33.6 Å². The van der Waals surface area contributed by atoms with Gasteiger partial charge in [0.1, 0.15) is 5.92 Å². The summed E-state index contributed by atoms with van der Waals surface area (Å²) in [5, 5.41) is 13.1. The molecule has 1 rings (SSSR count). The minimum Gasteiger partial charge on any atom is -0.455 e. The van der Waals surface area contributed by atoms with Gasteiger partial charge in [-0.25, -0.2) is 0 Å². The quantitative estimate of drug-likeness (QED) is 0.425. The van der Waals surface area contributed by atoms with Crippen molar-refractivity contribution >= 4 is 11.9 Å². The van der Waals surface area contributed by atoms with E-state index in [0.29, 0.717) is 0 Å². The van der Waals surface area contributed by atoms with E-state index in [-0.39, 0.29) is 18.6 Å². The normalized spacial score (nSPS) is 22.2. The lowest BCUT2D eigenvalue weighted by molar-refractivity contribution is -0.497. The minimum atomic E-state index is -0.840. The molecule has 1 amide bonds. The minimum absolute atomic E-state index is 0.202. The molecule has 0 aromatic rings. The van der Waals surface area contributed by atoms with Gasteiger partial charge in [0.15, 0.2) is 6.61 Å². The molecule has 1 N–H and O–H groups in total. The van der Waals surface area contributed by atoms with Gasteiger partial charge in [-0.3, -0.25) is 19.7 Å². The lowest BCUT2D eigenvalue weighted by Gasteiger charge is -2.24. The van der Waals surface area contributed by atoms with Crippen molar-refractivity contribution in [2.24, 2.45) is 5.92 Å². The molecule has 0 heterocycles. The van der Waals surface area contributed by atoms with Crippen molar-refractivity contribution < 1.29 is 19.2 Å². The Morgan fingerprint density at radius 3 is 2.56 bits per heavy atom. The van der Waals surface area contributed by atoms with E-state index in [1.54, 1.807) is 0 Å². The molecule has 0 aromatic heterocycles. The third-order valence-corrected chi connectivity index (χ3v) is 3.04. The number of carbonyl (C=O) groups excluding carboxylic acids is 2. The maximum absolute atomic E-state index is 11.5. The van der Waals surface area contributed by atoms with E-state index < -0.39 is 28.8 Å². The third-order valence-electron chi connectivity index (χ3n) is 3.04. The van der Waals surface area contributed by atoms with E-state index in [0.717, 1.165) is 6.42 Å². The van der Waals surface area contributed by atoms with Crippen molar-refractivity contribution in [3.63, 3.8) is 0 Å². The van der Waals surface area contributed by atoms with Gasteiger partial charge in [0.2, 0.25) is 6.04 Å². The Morgan fingerprint density at radius 2 is 2.11 bits per heavy atom. The van der Waals surface area contributed by atoms with Gasteiger partial charge >= 0.3 is 5.97 Å². The van der Waals surface area contributed by atoms with E-state index >= 15 is 0 Å². The molecule has 2 unspecified atom stereocenters. The van der Waals surface area contributed by atoms with Crippen molar-refractivity contribution in [3.05, 3.63) is 10.1 Å². The van der Waals surface area contributed by atoms with Gasteiger partial charge < -0.3 is 10.1 Å². The molecule has 0 spiro atoms. The topological polar surface area (TPSA) is 98.5 Å². The van der Waals surface area contributed by atoms with Crippen molar-refractivity contribution in [2.45, 2.75) is 45.2 Å². The van der Waals surface area contributed by atoms with Crippen molar-refractivity contribution in [2.75, 3.05) is 6.61 Å². The van der Waals surface area contributed by atoms with Crippen LogP contribution in [0, 0.1) is 16.0 Å². The predicted molar refractivity (Wildman–Crippen MR) is 62.4 cm³/mol. The molecule has 0 saturated heterocycles. The maximum atomic E-state index is 11.5. The highest BCUT2D eigenvalue weighted by Crippen LogP contribution is 2.33. The SMILES string of the molecule is CCC(C)(C)NC(=O)COC(=O)C1CC1[N+](=O)[O-]. The first-order chi connectivity index (χ1) is 8.26. The Bertz CT molecular complexity index is 366. The monoisotopic (exact) mass is 258 g/mol. The van der Waals surface area contributed by atoms with Gasteiger partial charge in [0, 0.05) is 16.9 Å². The van der Waals surface area contributed by atoms with Crippen LogP contribution in [0.25, 0.3) is 0 Å². The molecule has 7 nitrogen and oxygen atoms in total. The van der Waals surface area contributed by atoms with Crippen molar-refractivity contribution in [1.82, 2.24) is 5.32 Å². The largest absolute Gasteiger partial charge is 0.455 e. The van der Waals surface area contributed by atoms with Crippen LogP contribution in [0.4, 0.5) is 0 Å². The molecule has 0 radical (unpaired) electrons. The van der Waals surface area contributed by atoms with Crippen LogP contribution < -0.4 is 5.32 Å². The molecule has 0 bridgehead atoms. The van der Waals surface area contributed by atoms with E-state index in [9.17, 15) is 19.7 Å². The Labute approximate surface area is 105 Å². The zero-order valence-corrected chi connectivity index (χ0v) is 10.8. The number of rotatable bonds is 6. The lowest BCUT2D eigenvalue weighted by Crippen LogP contribution is -2.44. The molecular formula is C11H18N2O5. The zero-order valence-electron chi connectivity index (χ0n) is 10.8. The Hall–Kier alpha value is -1.66. The van der Waals surface area contributed by atoms with Crippen LogP contribution in [0.2, 0.25) is 0 Å². The molecule has 2 atom stereocenters. The average molecular weight is 258 g/mol. The van der Waals surface area contributed by atoms with E-state index in [1.807, 2.05) is 20.8 Å². The number of hydrogen-bond acceptors (Lipinski definition) is 5. The molecule has 1 aliphatic carbocycles. The molecule has 18 heavy (non-hydrogen) atoms. The summed E-state index contributed by atoms with van der Waals surface area (Å²) in [6.07, 6.45) is 0.951. The van der Waals surface area contributed by atoms with E-state index in [1.165, 1.54) is 0 Å². The highest BCUT2D eigenvalue weighted by Gasteiger charge is 2.54. The summed E-state index contributed by atoms with van der Waals surface area (Å²) < 4.78 is 4.74. The number of amides is 1. The molecule has 0 aromatic carbocycles. The Balaban J connectivity index is 2.28. The number of nitrogens with zero attached hydrogens (tertiary/aromatic N) is 1. The van der Waals surface area contributed by atoms with Gasteiger partial charge in [-0.1, -0.05) is 6.92 Å². The van der Waals surface area contributed by atoms with Gasteiger partial charge in [0.25, 0.3) is 5.91 Å². The fourth-order valence-electron chi connectivity index (χ4n) is 1.41. The van der Waals surface area contributed by atoms with Gasteiger partial charge in [-0.2, -0.15) is 0 Å². The summed E-state index contributed by atoms with van der Waals surface area (Å²) in [6, 6.07) is -0.840. The van der Waals surface area contributed by atoms with Crippen LogP contribution in [-0.4, -0.2) is 35.0 Å². The molecular weight excluding hydrogens is 240 g/mol. The molecule has 102 valence electrons. The number of nitrogens with one attached hydrogen (secondary N) is 1. The van der Waals surface area contributed by atoms with E-state index in [4.69, 9.17) is 4.74 Å². The summed E-state index contributed by atoms with van der Waals surface area (Å²) >= 11 is 0. The average Bonchev–Trinajstić information content (AvgIpc) is 3.05. The first kappa shape index (κ1) is 14.4. The summed E-state index contributed by atoms with van der Waals surface area (Å²) in [4.78, 5) is 32.7. The highest BCUT2D eigenvalue weighted by molar-refractivity contribution is 5.82. The van der Waals surface area contributed by atoms with Crippen molar-refractivity contribution in [1.29, 1.82) is 0 Å². The Kier molecular flexibility index (Phi) is 4.26. The van der Waals surface area contributed by atoms with Crippen LogP contribution in [0.5, 0.6) is 0 Å². The predicted octanol–water partition coefficient (Wildman–Crippen LogP) is 0.500. The number of nitro groups is 1. The van der Waals surface area contributed by atoms with Crippen LogP contribution in [0.15, 0.2) is 0 Å². The van der Waals surface area contributed by atoms with Gasteiger partial charge in [0.05, 0.1) is 0 Å². The Morgan fingerprint density at radius 1 is 1.50 bits per heavy atom. The number of carbonyl (C=O) groups is 2. The highest BCUT2D eigenvalue weighted by atomic mass is 16.6. The first-order valence-corrected chi connectivity index (χ1v) is 5.88. The summed E-state index contributed by atoms with van der Waals surface area (Å²) in [5.41, 5.74) is -0.355. The second kappa shape index (κ2) is 5.32. The first-order valence-electron chi connectivity index (χ1n) is 5.88. The standard InChI is InChI=1S/C11H18N2O5/c1-4-11(2,3)12-9(14)6-18-10(15)7-5-8(7)13(16)17/h7-8H,4-6H2,1-3H3,(H,12,14). The summed E-state index contributed by atoms with van der Waals surface area (Å²) in [7, 11) is 0. The molecule has 1 fully saturated rings. The fraction of sp³-hybridized carbons (Fsp3) is 0.818. The summed E-state index contributed by atoms with van der Waals surface area (Å²) in [6.45, 7) is 5.26. The number of ether oxygens (including phenoxy) is 1. The molecule has 1 saturated carbocycles. The lowest BCUT2D eigenvalue weighted by atomic mass is 10.0. The second-order valence-corrected chi connectivity index (χ2v) is 5.09. The van der Waals surface area contributed by atoms with Gasteiger partial charge in [-0.05, 0) is 20.3 Å².